The summed E-state index contributed by atoms with van der Waals surface area (Å²) >= 11 is 0. The fourth-order valence-electron chi connectivity index (χ4n) is 5.66. The Morgan fingerprint density at radius 1 is 1.06 bits per heavy atom. The van der Waals surface area contributed by atoms with Crippen LogP contribution in [0.1, 0.15) is 88.8 Å². The summed E-state index contributed by atoms with van der Waals surface area (Å²) in [6, 6.07) is 18.9. The van der Waals surface area contributed by atoms with E-state index in [1.54, 1.807) is 0 Å². The SMILES string of the molecule is CC(C)(C)OC(=O)C(c1ccc(CN2CC(C)(c3ccccc3)CCC2=O)cc1)C1CCCC1. The van der Waals surface area contributed by atoms with Crippen LogP contribution >= 0.6 is 0 Å². The first-order valence-electron chi connectivity index (χ1n) is 12.8. The van der Waals surface area contributed by atoms with Gasteiger partial charge in [0.25, 0.3) is 0 Å². The molecule has 0 aromatic heterocycles. The minimum atomic E-state index is -0.492. The topological polar surface area (TPSA) is 46.6 Å². The lowest BCUT2D eigenvalue weighted by atomic mass is 9.75. The first-order valence-corrected chi connectivity index (χ1v) is 12.8. The lowest BCUT2D eigenvalue weighted by Gasteiger charge is -2.41. The molecule has 2 aliphatic rings. The summed E-state index contributed by atoms with van der Waals surface area (Å²) in [5, 5.41) is 0. The van der Waals surface area contributed by atoms with Gasteiger partial charge in [0.15, 0.2) is 0 Å². The predicted molar refractivity (Wildman–Crippen MR) is 135 cm³/mol. The average molecular weight is 462 g/mol. The molecular weight excluding hydrogens is 422 g/mol. The van der Waals surface area contributed by atoms with Crippen LogP contribution in [0, 0.1) is 5.92 Å². The van der Waals surface area contributed by atoms with Crippen molar-refractivity contribution in [1.29, 1.82) is 0 Å². The first kappa shape index (κ1) is 24.5. The highest BCUT2D eigenvalue weighted by molar-refractivity contribution is 5.79. The van der Waals surface area contributed by atoms with E-state index in [9.17, 15) is 9.59 Å². The zero-order valence-electron chi connectivity index (χ0n) is 21.2. The van der Waals surface area contributed by atoms with Crippen molar-refractivity contribution in [1.82, 2.24) is 4.90 Å². The van der Waals surface area contributed by atoms with Gasteiger partial charge >= 0.3 is 5.97 Å². The molecule has 0 spiro atoms. The molecule has 1 aliphatic heterocycles. The standard InChI is InChI=1S/C30H39NO3/c1-29(2,3)34-28(33)27(23-10-8-9-11-23)24-16-14-22(15-17-24)20-31-21-30(4,19-18-26(31)32)25-12-6-5-7-13-25/h5-7,12-17,23,27H,8-11,18-21H2,1-4H3. The highest BCUT2D eigenvalue weighted by Crippen LogP contribution is 2.39. The number of ether oxygens (including phenoxy) is 1. The summed E-state index contributed by atoms with van der Waals surface area (Å²) in [4.78, 5) is 27.9. The molecule has 1 heterocycles. The Morgan fingerprint density at radius 3 is 2.32 bits per heavy atom. The van der Waals surface area contributed by atoms with Crippen LogP contribution in [0.15, 0.2) is 54.6 Å². The monoisotopic (exact) mass is 461 g/mol. The van der Waals surface area contributed by atoms with Gasteiger partial charge in [-0.05, 0) is 62.6 Å². The third-order valence-corrected chi connectivity index (χ3v) is 7.50. The molecule has 2 aromatic carbocycles. The predicted octanol–water partition coefficient (Wildman–Crippen LogP) is 6.38. The number of hydrogen-bond acceptors (Lipinski definition) is 3. The maximum absolute atomic E-state index is 13.1. The van der Waals surface area contributed by atoms with Gasteiger partial charge in [-0.3, -0.25) is 9.59 Å². The van der Waals surface area contributed by atoms with Crippen molar-refractivity contribution in [2.24, 2.45) is 5.92 Å². The second-order valence-electron chi connectivity index (χ2n) is 11.5. The van der Waals surface area contributed by atoms with E-state index >= 15 is 0 Å². The number of likely N-dealkylation sites (tertiary alicyclic amines) is 1. The Morgan fingerprint density at radius 2 is 1.71 bits per heavy atom. The molecule has 2 fully saturated rings. The number of carbonyl (C=O) groups is 2. The highest BCUT2D eigenvalue weighted by Gasteiger charge is 2.37. The van der Waals surface area contributed by atoms with Gasteiger partial charge < -0.3 is 9.64 Å². The van der Waals surface area contributed by atoms with Crippen molar-refractivity contribution in [2.45, 2.75) is 89.7 Å². The number of benzene rings is 2. The number of carbonyl (C=O) groups excluding carboxylic acids is 2. The van der Waals surface area contributed by atoms with Crippen LogP contribution in [0.2, 0.25) is 0 Å². The van der Waals surface area contributed by atoms with Gasteiger partial charge in [-0.25, -0.2) is 0 Å². The van der Waals surface area contributed by atoms with Crippen molar-refractivity contribution < 1.29 is 14.3 Å². The summed E-state index contributed by atoms with van der Waals surface area (Å²) in [5.41, 5.74) is 2.90. The van der Waals surface area contributed by atoms with Crippen LogP contribution in [0.5, 0.6) is 0 Å². The van der Waals surface area contributed by atoms with E-state index in [2.05, 4.69) is 55.5 Å². The second-order valence-corrected chi connectivity index (χ2v) is 11.5. The summed E-state index contributed by atoms with van der Waals surface area (Å²) < 4.78 is 5.81. The summed E-state index contributed by atoms with van der Waals surface area (Å²) in [7, 11) is 0. The van der Waals surface area contributed by atoms with E-state index < -0.39 is 5.60 Å². The number of rotatable bonds is 6. The van der Waals surface area contributed by atoms with Crippen molar-refractivity contribution in [3.05, 3.63) is 71.3 Å². The van der Waals surface area contributed by atoms with Crippen LogP contribution in [-0.2, 0) is 26.3 Å². The fourth-order valence-corrected chi connectivity index (χ4v) is 5.66. The molecule has 2 atom stereocenters. The highest BCUT2D eigenvalue weighted by atomic mass is 16.6. The van der Waals surface area contributed by atoms with Crippen molar-refractivity contribution in [3.8, 4) is 0 Å². The maximum Gasteiger partial charge on any atom is 0.314 e. The Labute approximate surface area is 204 Å². The Balaban J connectivity index is 1.49. The van der Waals surface area contributed by atoms with Crippen LogP contribution < -0.4 is 0 Å². The molecule has 4 nitrogen and oxygen atoms in total. The van der Waals surface area contributed by atoms with Gasteiger partial charge in [0.05, 0.1) is 5.92 Å². The van der Waals surface area contributed by atoms with Gasteiger partial charge in [-0.1, -0.05) is 74.4 Å². The number of hydrogen-bond donors (Lipinski definition) is 0. The quantitative estimate of drug-likeness (QED) is 0.469. The zero-order valence-corrected chi connectivity index (χ0v) is 21.2. The Bertz CT molecular complexity index is 986. The molecule has 2 aromatic rings. The smallest absolute Gasteiger partial charge is 0.314 e. The molecule has 1 saturated carbocycles. The molecule has 4 rings (SSSR count). The van der Waals surface area contributed by atoms with Gasteiger partial charge in [-0.2, -0.15) is 0 Å². The van der Waals surface area contributed by atoms with Gasteiger partial charge in [-0.15, -0.1) is 0 Å². The summed E-state index contributed by atoms with van der Waals surface area (Å²) in [6.45, 7) is 9.37. The lowest BCUT2D eigenvalue weighted by Crippen LogP contribution is -2.47. The molecule has 1 aliphatic carbocycles. The van der Waals surface area contributed by atoms with Crippen LogP contribution in [-0.4, -0.2) is 28.9 Å². The molecular formula is C30H39NO3. The molecule has 0 bridgehead atoms. The normalized spacial score (nSPS) is 22.6. The largest absolute Gasteiger partial charge is 0.459 e. The van der Waals surface area contributed by atoms with Crippen LogP contribution in [0.25, 0.3) is 0 Å². The molecule has 1 amide bonds. The van der Waals surface area contributed by atoms with E-state index in [4.69, 9.17) is 4.74 Å². The van der Waals surface area contributed by atoms with E-state index in [0.29, 0.717) is 18.9 Å². The Hall–Kier alpha value is -2.62. The maximum atomic E-state index is 13.1. The lowest BCUT2D eigenvalue weighted by molar-refractivity contribution is -0.158. The van der Waals surface area contributed by atoms with Gasteiger partial charge in [0, 0.05) is 24.9 Å². The molecule has 0 radical (unpaired) electrons. The number of piperidine rings is 1. The van der Waals surface area contributed by atoms with Crippen molar-refractivity contribution >= 4 is 11.9 Å². The van der Waals surface area contributed by atoms with E-state index in [1.807, 2.05) is 31.7 Å². The molecule has 1 saturated heterocycles. The van der Waals surface area contributed by atoms with Crippen LogP contribution in [0.3, 0.4) is 0 Å². The minimum absolute atomic E-state index is 0.0284. The average Bonchev–Trinajstić information content (AvgIpc) is 3.31. The number of amides is 1. The molecule has 0 N–H and O–H groups in total. The summed E-state index contributed by atoms with van der Waals surface area (Å²) in [5.74, 6) is 0.233. The number of esters is 1. The van der Waals surface area contributed by atoms with Crippen LogP contribution in [0.4, 0.5) is 0 Å². The third kappa shape index (κ3) is 5.71. The zero-order chi connectivity index (χ0) is 24.3. The van der Waals surface area contributed by atoms with E-state index in [0.717, 1.165) is 36.9 Å². The van der Waals surface area contributed by atoms with E-state index in [1.165, 1.54) is 18.4 Å². The molecule has 34 heavy (non-hydrogen) atoms. The second kappa shape index (κ2) is 9.93. The van der Waals surface area contributed by atoms with Crippen molar-refractivity contribution in [3.63, 3.8) is 0 Å². The number of nitrogens with zero attached hydrogens (tertiary/aromatic N) is 1. The Kier molecular flexibility index (Phi) is 7.16. The molecule has 182 valence electrons. The summed E-state index contributed by atoms with van der Waals surface area (Å²) in [6.07, 6.45) is 5.97. The van der Waals surface area contributed by atoms with Crippen molar-refractivity contribution in [2.75, 3.05) is 6.54 Å². The molecule has 2 unspecified atom stereocenters. The third-order valence-electron chi connectivity index (χ3n) is 7.50. The molecule has 4 heteroatoms. The van der Waals surface area contributed by atoms with E-state index in [-0.39, 0.29) is 23.2 Å². The van der Waals surface area contributed by atoms with Gasteiger partial charge in [0.2, 0.25) is 5.91 Å². The van der Waals surface area contributed by atoms with Gasteiger partial charge in [0.1, 0.15) is 5.60 Å². The fraction of sp³-hybridized carbons (Fsp3) is 0.533. The minimum Gasteiger partial charge on any atom is -0.459 e. The first-order chi connectivity index (χ1) is 16.1.